The first kappa shape index (κ1) is 10.5. The molecule has 0 aromatic carbocycles. The zero-order valence-corrected chi connectivity index (χ0v) is 8.57. The van der Waals surface area contributed by atoms with Crippen molar-refractivity contribution >= 4 is 12.2 Å². The van der Waals surface area contributed by atoms with Crippen molar-refractivity contribution in [1.82, 2.24) is 5.32 Å². The summed E-state index contributed by atoms with van der Waals surface area (Å²) in [4.78, 5) is 15.4. The first-order valence-corrected chi connectivity index (χ1v) is 4.37. The number of rotatable bonds is 1. The Labute approximate surface area is 83.4 Å². The van der Waals surface area contributed by atoms with E-state index in [1.54, 1.807) is 18.5 Å². The summed E-state index contributed by atoms with van der Waals surface area (Å²) in [7, 11) is 0. The first-order valence-electron chi connectivity index (χ1n) is 4.37. The molecule has 0 radical (unpaired) electrons. The minimum Gasteiger partial charge on any atom is -0.455 e. The molecule has 0 aliphatic carbocycles. The fraction of sp³-hybridized carbons (Fsp3) is 0.400. The molecule has 1 aliphatic rings. The molecular weight excluding hydrogens is 180 g/mol. The highest BCUT2D eigenvalue weighted by Crippen LogP contribution is 2.09. The number of allylic oxidation sites excluding steroid dienone is 1. The fourth-order valence-corrected chi connectivity index (χ4v) is 0.845. The fourth-order valence-electron chi connectivity index (χ4n) is 0.845. The monoisotopic (exact) mass is 194 g/mol. The zero-order chi connectivity index (χ0) is 10.6. The molecule has 0 atom stereocenters. The van der Waals surface area contributed by atoms with Gasteiger partial charge in [0, 0.05) is 18.6 Å². The van der Waals surface area contributed by atoms with Gasteiger partial charge in [0.25, 0.3) is 0 Å². The molecule has 76 valence electrons. The van der Waals surface area contributed by atoms with Gasteiger partial charge in [0.2, 0.25) is 0 Å². The van der Waals surface area contributed by atoms with Crippen LogP contribution >= 0.6 is 0 Å². The number of ether oxygens (including phenoxy) is 1. The molecule has 0 unspecified atom stereocenters. The smallest absolute Gasteiger partial charge is 0.355 e. The molecule has 0 amide bonds. The lowest BCUT2D eigenvalue weighted by molar-refractivity contribution is -0.150. The molecule has 4 heteroatoms. The summed E-state index contributed by atoms with van der Waals surface area (Å²) in [6.07, 6.45) is 6.26. The van der Waals surface area contributed by atoms with E-state index < -0.39 is 5.60 Å². The van der Waals surface area contributed by atoms with Crippen molar-refractivity contribution in [2.75, 3.05) is 0 Å². The van der Waals surface area contributed by atoms with E-state index in [0.29, 0.717) is 5.70 Å². The molecular formula is C10H14N2O2. The summed E-state index contributed by atoms with van der Waals surface area (Å²) in [5, 5.41) is 2.78. The van der Waals surface area contributed by atoms with Gasteiger partial charge in [-0.1, -0.05) is 0 Å². The number of aliphatic imine (C=N–C) groups is 1. The van der Waals surface area contributed by atoms with Crippen molar-refractivity contribution in [3.8, 4) is 0 Å². The normalized spacial score (nSPS) is 15.5. The van der Waals surface area contributed by atoms with Crippen molar-refractivity contribution < 1.29 is 9.53 Å². The maximum absolute atomic E-state index is 11.5. The summed E-state index contributed by atoms with van der Waals surface area (Å²) in [6.45, 7) is 5.48. The predicted molar refractivity (Wildman–Crippen MR) is 54.7 cm³/mol. The molecule has 1 aliphatic heterocycles. The van der Waals surface area contributed by atoms with Crippen LogP contribution in [0.5, 0.6) is 0 Å². The Morgan fingerprint density at radius 2 is 2.21 bits per heavy atom. The number of carbonyl (C=O) groups is 1. The van der Waals surface area contributed by atoms with Gasteiger partial charge in [0.05, 0.1) is 0 Å². The molecule has 4 nitrogen and oxygen atoms in total. The molecule has 0 spiro atoms. The number of nitrogens with zero attached hydrogens (tertiary/aromatic N) is 1. The highest BCUT2D eigenvalue weighted by molar-refractivity contribution is 5.93. The molecule has 14 heavy (non-hydrogen) atoms. The highest BCUT2D eigenvalue weighted by atomic mass is 16.6. The third kappa shape index (κ3) is 3.43. The molecule has 0 fully saturated rings. The lowest BCUT2D eigenvalue weighted by Gasteiger charge is -2.20. The van der Waals surface area contributed by atoms with Gasteiger partial charge >= 0.3 is 5.97 Å². The molecule has 1 heterocycles. The third-order valence-electron chi connectivity index (χ3n) is 1.35. The average molecular weight is 194 g/mol. The van der Waals surface area contributed by atoms with E-state index in [1.165, 1.54) is 6.21 Å². The number of hydrogen-bond acceptors (Lipinski definition) is 4. The molecule has 0 saturated carbocycles. The molecule has 1 N–H and O–H groups in total. The van der Waals surface area contributed by atoms with E-state index in [4.69, 9.17) is 4.74 Å². The highest BCUT2D eigenvalue weighted by Gasteiger charge is 2.19. The molecule has 0 saturated heterocycles. The summed E-state index contributed by atoms with van der Waals surface area (Å²) < 4.78 is 5.17. The van der Waals surface area contributed by atoms with Crippen LogP contribution in [0.3, 0.4) is 0 Å². The van der Waals surface area contributed by atoms with Gasteiger partial charge in [-0.25, -0.2) is 4.79 Å². The lowest BCUT2D eigenvalue weighted by Crippen LogP contribution is -2.28. The summed E-state index contributed by atoms with van der Waals surface area (Å²) >= 11 is 0. The Morgan fingerprint density at radius 1 is 1.50 bits per heavy atom. The van der Waals surface area contributed by atoms with Crippen LogP contribution in [-0.4, -0.2) is 17.8 Å². The van der Waals surface area contributed by atoms with Crippen LogP contribution in [0, 0.1) is 0 Å². The largest absolute Gasteiger partial charge is 0.455 e. The summed E-state index contributed by atoms with van der Waals surface area (Å²) in [6, 6.07) is 0. The van der Waals surface area contributed by atoms with Crippen molar-refractivity contribution in [3.05, 3.63) is 24.2 Å². The van der Waals surface area contributed by atoms with Gasteiger partial charge < -0.3 is 10.1 Å². The zero-order valence-electron chi connectivity index (χ0n) is 8.57. The van der Waals surface area contributed by atoms with Gasteiger partial charge in [0.1, 0.15) is 11.3 Å². The maximum Gasteiger partial charge on any atom is 0.355 e. The molecule has 1 rings (SSSR count). The minimum atomic E-state index is -0.479. The third-order valence-corrected chi connectivity index (χ3v) is 1.35. The molecule has 0 bridgehead atoms. The lowest BCUT2D eigenvalue weighted by atomic mass is 10.2. The van der Waals surface area contributed by atoms with E-state index in [9.17, 15) is 4.79 Å². The number of esters is 1. The van der Waals surface area contributed by atoms with E-state index in [2.05, 4.69) is 10.3 Å². The summed E-state index contributed by atoms with van der Waals surface area (Å²) in [5.41, 5.74) is -0.0929. The number of nitrogens with one attached hydrogen (secondary N) is 1. The van der Waals surface area contributed by atoms with Gasteiger partial charge in [-0.15, -0.1) is 0 Å². The predicted octanol–water partition coefficient (Wildman–Crippen LogP) is 1.36. The van der Waals surface area contributed by atoms with Gasteiger partial charge in [0.15, 0.2) is 0 Å². The quantitative estimate of drug-likeness (QED) is 0.641. The minimum absolute atomic E-state index is 0.379. The van der Waals surface area contributed by atoms with Crippen LogP contribution in [0.1, 0.15) is 20.8 Å². The van der Waals surface area contributed by atoms with Crippen LogP contribution < -0.4 is 5.32 Å². The molecule has 0 aromatic rings. The summed E-state index contributed by atoms with van der Waals surface area (Å²) in [5.74, 6) is -0.379. The van der Waals surface area contributed by atoms with Crippen LogP contribution in [0.15, 0.2) is 29.2 Å². The van der Waals surface area contributed by atoms with E-state index in [1.807, 2.05) is 20.8 Å². The van der Waals surface area contributed by atoms with E-state index >= 15 is 0 Å². The van der Waals surface area contributed by atoms with Crippen LogP contribution in [-0.2, 0) is 9.53 Å². The van der Waals surface area contributed by atoms with E-state index in [-0.39, 0.29) is 5.97 Å². The van der Waals surface area contributed by atoms with Gasteiger partial charge in [-0.05, 0) is 26.8 Å². The van der Waals surface area contributed by atoms with E-state index in [0.717, 1.165) is 0 Å². The Balaban J connectivity index is 2.66. The molecule has 0 aromatic heterocycles. The standard InChI is InChI=1S/C10H14N2O2/c1-10(2,3)14-9(13)8-4-5-11-6-7-12-8/h4-7,12H,1-3H3. The first-order chi connectivity index (χ1) is 6.49. The van der Waals surface area contributed by atoms with Gasteiger partial charge in [-0.2, -0.15) is 0 Å². The maximum atomic E-state index is 11.5. The van der Waals surface area contributed by atoms with Crippen LogP contribution in [0.25, 0.3) is 0 Å². The van der Waals surface area contributed by atoms with Crippen molar-refractivity contribution in [2.45, 2.75) is 26.4 Å². The Hall–Kier alpha value is -1.58. The Morgan fingerprint density at radius 3 is 2.86 bits per heavy atom. The van der Waals surface area contributed by atoms with Crippen molar-refractivity contribution in [1.29, 1.82) is 0 Å². The Kier molecular flexibility index (Phi) is 3.06. The SMILES string of the molecule is CC(C)(C)OC(=O)C1=CC=NC=CN1. The number of hydrogen-bond donors (Lipinski definition) is 1. The average Bonchev–Trinajstić information content (AvgIpc) is 2.27. The second-order valence-electron chi connectivity index (χ2n) is 3.84. The second-order valence-corrected chi connectivity index (χ2v) is 3.84. The van der Waals surface area contributed by atoms with Gasteiger partial charge in [-0.3, -0.25) is 4.99 Å². The topological polar surface area (TPSA) is 50.7 Å². The number of carbonyl (C=O) groups excluding carboxylic acids is 1. The van der Waals surface area contributed by atoms with Crippen molar-refractivity contribution in [3.63, 3.8) is 0 Å². The van der Waals surface area contributed by atoms with Crippen molar-refractivity contribution in [2.24, 2.45) is 4.99 Å². The van der Waals surface area contributed by atoms with Crippen LogP contribution in [0.4, 0.5) is 0 Å². The Bertz CT molecular complexity index is 309. The second kappa shape index (κ2) is 4.09. The van der Waals surface area contributed by atoms with Crippen LogP contribution in [0.2, 0.25) is 0 Å².